The van der Waals surface area contributed by atoms with Gasteiger partial charge in [0.05, 0.1) is 30.9 Å². The molecule has 0 saturated carbocycles. The highest BCUT2D eigenvalue weighted by molar-refractivity contribution is 9.10. The SMILES string of the molecule is COc1ccc(OC)c(-c2cc(C(=O)N3CCCC(Oc4ncc(Br)cn4)C3)n(C)n2)c1. The molecule has 1 aliphatic heterocycles. The summed E-state index contributed by atoms with van der Waals surface area (Å²) in [6.07, 6.45) is 4.78. The Hall–Kier alpha value is -3.14. The average Bonchev–Trinajstić information content (AvgIpc) is 3.21. The predicted molar refractivity (Wildman–Crippen MR) is 121 cm³/mol. The van der Waals surface area contributed by atoms with Crippen LogP contribution >= 0.6 is 15.9 Å². The Morgan fingerprint density at radius 1 is 1.16 bits per heavy atom. The fourth-order valence-corrected chi connectivity index (χ4v) is 3.91. The maximum atomic E-state index is 13.3. The lowest BCUT2D eigenvalue weighted by atomic mass is 10.1. The van der Waals surface area contributed by atoms with E-state index < -0.39 is 0 Å². The predicted octanol–water partition coefficient (Wildman–Crippen LogP) is 3.34. The quantitative estimate of drug-likeness (QED) is 0.511. The van der Waals surface area contributed by atoms with Gasteiger partial charge in [-0.15, -0.1) is 0 Å². The zero-order valence-corrected chi connectivity index (χ0v) is 19.7. The second-order valence-corrected chi connectivity index (χ2v) is 8.34. The van der Waals surface area contributed by atoms with E-state index in [4.69, 9.17) is 14.2 Å². The molecule has 1 aromatic carbocycles. The third kappa shape index (κ3) is 4.69. The van der Waals surface area contributed by atoms with Gasteiger partial charge in [-0.05, 0) is 53.0 Å². The number of piperidine rings is 1. The average molecular weight is 502 g/mol. The van der Waals surface area contributed by atoms with E-state index in [1.54, 1.807) is 49.3 Å². The lowest BCUT2D eigenvalue weighted by Gasteiger charge is -2.32. The standard InChI is InChI=1S/C22H24BrN5O4/c1-27-19(10-18(26-27)17-9-15(30-2)6-7-20(17)31-3)21(29)28-8-4-5-16(13-28)32-22-24-11-14(23)12-25-22/h6-7,9-12,16H,4-5,8,13H2,1-3H3. The first-order valence-electron chi connectivity index (χ1n) is 10.2. The minimum atomic E-state index is -0.167. The maximum absolute atomic E-state index is 13.3. The molecule has 0 N–H and O–H groups in total. The molecule has 1 fully saturated rings. The largest absolute Gasteiger partial charge is 0.497 e. The summed E-state index contributed by atoms with van der Waals surface area (Å²) in [7, 11) is 4.97. The first-order valence-corrected chi connectivity index (χ1v) is 11.0. The van der Waals surface area contributed by atoms with Gasteiger partial charge in [-0.3, -0.25) is 9.48 Å². The van der Waals surface area contributed by atoms with Gasteiger partial charge in [0.15, 0.2) is 0 Å². The highest BCUT2D eigenvalue weighted by atomic mass is 79.9. The summed E-state index contributed by atoms with van der Waals surface area (Å²) in [4.78, 5) is 23.4. The molecule has 1 unspecified atom stereocenters. The fourth-order valence-electron chi connectivity index (χ4n) is 3.70. The van der Waals surface area contributed by atoms with E-state index in [1.807, 2.05) is 18.2 Å². The van der Waals surface area contributed by atoms with Crippen molar-refractivity contribution in [1.82, 2.24) is 24.6 Å². The van der Waals surface area contributed by atoms with Crippen molar-refractivity contribution in [3.63, 3.8) is 0 Å². The molecule has 1 aliphatic rings. The van der Waals surface area contributed by atoms with E-state index in [0.29, 0.717) is 42.0 Å². The number of nitrogens with zero attached hydrogens (tertiary/aromatic N) is 5. The third-order valence-electron chi connectivity index (χ3n) is 5.32. The van der Waals surface area contributed by atoms with Gasteiger partial charge in [-0.25, -0.2) is 9.97 Å². The van der Waals surface area contributed by atoms with E-state index >= 15 is 0 Å². The van der Waals surface area contributed by atoms with Crippen LogP contribution in [-0.2, 0) is 7.05 Å². The number of aryl methyl sites for hydroxylation is 1. The van der Waals surface area contributed by atoms with Crippen molar-refractivity contribution in [3.8, 4) is 28.8 Å². The van der Waals surface area contributed by atoms with Crippen LogP contribution in [0.1, 0.15) is 23.3 Å². The Morgan fingerprint density at radius 3 is 2.66 bits per heavy atom. The molecule has 0 spiro atoms. The molecule has 32 heavy (non-hydrogen) atoms. The Labute approximate surface area is 194 Å². The van der Waals surface area contributed by atoms with Crippen LogP contribution in [-0.4, -0.2) is 64.0 Å². The van der Waals surface area contributed by atoms with Gasteiger partial charge in [0.25, 0.3) is 5.91 Å². The van der Waals surface area contributed by atoms with Crippen molar-refractivity contribution < 1.29 is 19.0 Å². The molecule has 1 saturated heterocycles. The molecule has 3 heterocycles. The number of methoxy groups -OCH3 is 2. The Morgan fingerprint density at radius 2 is 1.94 bits per heavy atom. The van der Waals surface area contributed by atoms with E-state index in [1.165, 1.54) is 0 Å². The zero-order valence-electron chi connectivity index (χ0n) is 18.1. The topological polar surface area (TPSA) is 91.6 Å². The Bertz CT molecular complexity index is 1100. The van der Waals surface area contributed by atoms with Crippen molar-refractivity contribution >= 4 is 21.8 Å². The molecule has 1 atom stereocenters. The molecule has 168 valence electrons. The number of halogens is 1. The normalized spacial score (nSPS) is 16.0. The molecular weight excluding hydrogens is 478 g/mol. The van der Waals surface area contributed by atoms with Crippen molar-refractivity contribution in [2.24, 2.45) is 7.05 Å². The summed E-state index contributed by atoms with van der Waals surface area (Å²) in [6, 6.07) is 7.57. The van der Waals surface area contributed by atoms with E-state index in [0.717, 1.165) is 22.9 Å². The van der Waals surface area contributed by atoms with Crippen LogP contribution in [0.2, 0.25) is 0 Å². The molecule has 9 nitrogen and oxygen atoms in total. The minimum Gasteiger partial charge on any atom is -0.497 e. The number of amides is 1. The van der Waals surface area contributed by atoms with Crippen molar-refractivity contribution in [2.45, 2.75) is 18.9 Å². The van der Waals surface area contributed by atoms with Gasteiger partial charge in [0.1, 0.15) is 23.3 Å². The van der Waals surface area contributed by atoms with Gasteiger partial charge in [-0.1, -0.05) is 0 Å². The maximum Gasteiger partial charge on any atom is 0.316 e. The van der Waals surface area contributed by atoms with E-state index in [2.05, 4.69) is 31.0 Å². The summed E-state index contributed by atoms with van der Waals surface area (Å²) in [5, 5.41) is 4.55. The second-order valence-electron chi connectivity index (χ2n) is 7.42. The van der Waals surface area contributed by atoms with Crippen molar-refractivity contribution in [3.05, 3.63) is 46.8 Å². The van der Waals surface area contributed by atoms with Crippen molar-refractivity contribution in [1.29, 1.82) is 0 Å². The van der Waals surface area contributed by atoms with Crippen LogP contribution < -0.4 is 14.2 Å². The van der Waals surface area contributed by atoms with Crippen LogP contribution in [0.4, 0.5) is 0 Å². The molecule has 0 aliphatic carbocycles. The number of ether oxygens (including phenoxy) is 3. The van der Waals surface area contributed by atoms with Crippen molar-refractivity contribution in [2.75, 3.05) is 27.3 Å². The summed E-state index contributed by atoms with van der Waals surface area (Å²) in [5.74, 6) is 1.24. The van der Waals surface area contributed by atoms with Crippen LogP contribution in [0.25, 0.3) is 11.3 Å². The number of likely N-dealkylation sites (tertiary alicyclic amines) is 1. The summed E-state index contributed by atoms with van der Waals surface area (Å²) in [5.41, 5.74) is 1.89. The fraction of sp³-hybridized carbons (Fsp3) is 0.364. The summed E-state index contributed by atoms with van der Waals surface area (Å²) in [6.45, 7) is 1.12. The smallest absolute Gasteiger partial charge is 0.316 e. The van der Waals surface area contributed by atoms with E-state index in [9.17, 15) is 4.79 Å². The number of carbonyl (C=O) groups excluding carboxylic acids is 1. The highest BCUT2D eigenvalue weighted by Crippen LogP contribution is 2.33. The molecule has 3 aromatic rings. The lowest BCUT2D eigenvalue weighted by Crippen LogP contribution is -2.45. The van der Waals surface area contributed by atoms with Crippen LogP contribution in [0, 0.1) is 0 Å². The molecule has 1 amide bonds. The first kappa shape index (κ1) is 22.1. The number of hydrogen-bond acceptors (Lipinski definition) is 7. The summed E-state index contributed by atoms with van der Waals surface area (Å²) < 4.78 is 19.1. The minimum absolute atomic E-state index is 0.0989. The molecule has 0 radical (unpaired) electrons. The van der Waals surface area contributed by atoms with Crippen LogP contribution in [0.5, 0.6) is 17.5 Å². The van der Waals surface area contributed by atoms with Gasteiger partial charge >= 0.3 is 6.01 Å². The first-order chi connectivity index (χ1) is 15.5. The number of benzene rings is 1. The monoisotopic (exact) mass is 501 g/mol. The number of rotatable bonds is 6. The van der Waals surface area contributed by atoms with Gasteiger partial charge in [0.2, 0.25) is 0 Å². The Balaban J connectivity index is 1.52. The summed E-state index contributed by atoms with van der Waals surface area (Å²) >= 11 is 3.31. The molecule has 4 rings (SSSR count). The second kappa shape index (κ2) is 9.56. The molecular formula is C22H24BrN5O4. The molecule has 0 bridgehead atoms. The van der Waals surface area contributed by atoms with Crippen LogP contribution in [0.3, 0.4) is 0 Å². The number of aromatic nitrogens is 4. The molecule has 2 aromatic heterocycles. The highest BCUT2D eigenvalue weighted by Gasteiger charge is 2.28. The lowest BCUT2D eigenvalue weighted by molar-refractivity contribution is 0.0506. The number of carbonyl (C=O) groups is 1. The van der Waals surface area contributed by atoms with Gasteiger partial charge in [0, 0.05) is 31.5 Å². The van der Waals surface area contributed by atoms with Gasteiger partial charge in [-0.2, -0.15) is 5.10 Å². The van der Waals surface area contributed by atoms with Crippen LogP contribution in [0.15, 0.2) is 41.1 Å². The Kier molecular flexibility index (Phi) is 6.59. The zero-order chi connectivity index (χ0) is 22.7. The van der Waals surface area contributed by atoms with Gasteiger partial charge < -0.3 is 19.1 Å². The van der Waals surface area contributed by atoms with E-state index in [-0.39, 0.29) is 12.0 Å². The molecule has 10 heteroatoms. The number of hydrogen-bond donors (Lipinski definition) is 0. The third-order valence-corrected chi connectivity index (χ3v) is 5.73.